The minimum absolute atomic E-state index is 0.0284. The van der Waals surface area contributed by atoms with Crippen molar-refractivity contribution in [1.29, 1.82) is 5.41 Å². The van der Waals surface area contributed by atoms with E-state index in [4.69, 9.17) is 14.6 Å². The Kier molecular flexibility index (Phi) is 6.97. The molecule has 1 amide bonds. The van der Waals surface area contributed by atoms with E-state index in [1.54, 1.807) is 23.6 Å². The molecule has 2 aromatic carbocycles. The Balaban J connectivity index is 1.69. The zero-order valence-electron chi connectivity index (χ0n) is 19.5. The van der Waals surface area contributed by atoms with Gasteiger partial charge in [-0.25, -0.2) is 9.18 Å². The first kappa shape index (κ1) is 24.2. The first-order chi connectivity index (χ1) is 16.9. The van der Waals surface area contributed by atoms with E-state index in [0.29, 0.717) is 22.1 Å². The van der Waals surface area contributed by atoms with Gasteiger partial charge in [-0.1, -0.05) is 12.1 Å². The average molecular weight is 494 g/mol. The molecule has 2 aromatic heterocycles. The Hall–Kier alpha value is -3.98. The van der Waals surface area contributed by atoms with E-state index in [9.17, 15) is 14.0 Å². The van der Waals surface area contributed by atoms with Gasteiger partial charge in [-0.15, -0.1) is 11.3 Å². The van der Waals surface area contributed by atoms with Crippen LogP contribution in [0.1, 0.15) is 34.6 Å². The van der Waals surface area contributed by atoms with Crippen molar-refractivity contribution in [2.24, 2.45) is 0 Å². The molecule has 9 heteroatoms. The topological polar surface area (TPSA) is 95.6 Å². The number of ether oxygens (including phenoxy) is 1. The Morgan fingerprint density at radius 2 is 1.83 bits per heavy atom. The minimum atomic E-state index is -0.640. The molecule has 4 rings (SSSR count). The lowest BCUT2D eigenvalue weighted by Crippen LogP contribution is -2.22. The van der Waals surface area contributed by atoms with Crippen molar-refractivity contribution in [1.82, 2.24) is 0 Å². The lowest BCUT2D eigenvalue weighted by atomic mass is 10.0. The number of esters is 1. The number of amides is 1. The van der Waals surface area contributed by atoms with Crippen molar-refractivity contribution in [2.45, 2.75) is 13.8 Å². The number of nitrogens with zero attached hydrogens (tertiary/aromatic N) is 1. The predicted molar refractivity (Wildman–Crippen MR) is 135 cm³/mol. The van der Waals surface area contributed by atoms with Crippen molar-refractivity contribution < 1.29 is 23.1 Å². The van der Waals surface area contributed by atoms with Gasteiger partial charge in [0.1, 0.15) is 27.5 Å². The Morgan fingerprint density at radius 3 is 2.49 bits per heavy atom. The molecule has 0 fully saturated rings. The monoisotopic (exact) mass is 493 g/mol. The highest BCUT2D eigenvalue weighted by Crippen LogP contribution is 2.36. The van der Waals surface area contributed by atoms with Crippen LogP contribution < -0.4 is 15.8 Å². The van der Waals surface area contributed by atoms with Crippen LogP contribution >= 0.6 is 11.3 Å². The van der Waals surface area contributed by atoms with Crippen LogP contribution in [0.15, 0.2) is 58.3 Å². The number of fused-ring (bicyclic) bond motifs is 1. The van der Waals surface area contributed by atoms with Crippen molar-refractivity contribution in [3.05, 3.63) is 76.4 Å². The van der Waals surface area contributed by atoms with Crippen LogP contribution in [0.3, 0.4) is 0 Å². The van der Waals surface area contributed by atoms with Crippen LogP contribution in [0, 0.1) is 11.2 Å². The molecule has 0 radical (unpaired) electrons. The number of benzene rings is 2. The fraction of sp³-hybridized carbons (Fsp3) is 0.192. The van der Waals surface area contributed by atoms with Gasteiger partial charge in [0.15, 0.2) is 0 Å². The first-order valence-corrected chi connectivity index (χ1v) is 11.9. The number of anilines is 2. The molecule has 0 bridgehead atoms. The number of thiophene rings is 1. The van der Waals surface area contributed by atoms with Crippen molar-refractivity contribution in [3.8, 4) is 11.1 Å². The summed E-state index contributed by atoms with van der Waals surface area (Å²) in [7, 11) is 1.25. The number of hydrogen-bond donors (Lipinski definition) is 2. The summed E-state index contributed by atoms with van der Waals surface area (Å²) in [6, 6.07) is 12.9. The third-order valence-electron chi connectivity index (χ3n) is 5.69. The van der Waals surface area contributed by atoms with Crippen LogP contribution in [0.25, 0.3) is 22.1 Å². The van der Waals surface area contributed by atoms with Gasteiger partial charge in [0.2, 0.25) is 5.55 Å². The van der Waals surface area contributed by atoms with E-state index in [0.717, 1.165) is 30.1 Å². The van der Waals surface area contributed by atoms with Crippen LogP contribution in [-0.2, 0) is 4.74 Å². The third kappa shape index (κ3) is 4.81. The first-order valence-electron chi connectivity index (χ1n) is 11.0. The second-order valence-corrected chi connectivity index (χ2v) is 8.57. The lowest BCUT2D eigenvalue weighted by Gasteiger charge is -2.21. The SMILES string of the molecule is CCN(CC)c1ccc2cc(C(=O)Nc3scc(-c4ccc(F)cc4)c3C(=O)OC)c(=N)oc2c1. The maximum absolute atomic E-state index is 13.4. The molecule has 0 saturated heterocycles. The zero-order chi connectivity index (χ0) is 25.1. The molecular weight excluding hydrogens is 469 g/mol. The molecule has 35 heavy (non-hydrogen) atoms. The highest BCUT2D eigenvalue weighted by molar-refractivity contribution is 7.15. The number of methoxy groups -OCH3 is 1. The maximum atomic E-state index is 13.4. The number of halogens is 1. The number of carbonyl (C=O) groups is 2. The number of nitrogens with one attached hydrogen (secondary N) is 2. The molecule has 7 nitrogen and oxygen atoms in total. The largest absolute Gasteiger partial charge is 0.465 e. The van der Waals surface area contributed by atoms with E-state index in [-0.39, 0.29) is 21.7 Å². The summed E-state index contributed by atoms with van der Waals surface area (Å²) in [4.78, 5) is 27.8. The Morgan fingerprint density at radius 1 is 1.11 bits per heavy atom. The van der Waals surface area contributed by atoms with Crippen LogP contribution in [0.5, 0.6) is 0 Å². The minimum Gasteiger partial charge on any atom is -0.465 e. The second kappa shape index (κ2) is 10.1. The Bertz CT molecular complexity index is 1460. The number of hydrogen-bond acceptors (Lipinski definition) is 7. The molecule has 0 aliphatic heterocycles. The molecule has 180 valence electrons. The van der Waals surface area contributed by atoms with E-state index in [1.165, 1.54) is 19.2 Å². The quantitative estimate of drug-likeness (QED) is 0.324. The maximum Gasteiger partial charge on any atom is 0.341 e. The van der Waals surface area contributed by atoms with Gasteiger partial charge >= 0.3 is 5.97 Å². The molecule has 4 aromatic rings. The summed E-state index contributed by atoms with van der Waals surface area (Å²) >= 11 is 1.14. The summed E-state index contributed by atoms with van der Waals surface area (Å²) in [5, 5.41) is 13.6. The highest BCUT2D eigenvalue weighted by Gasteiger charge is 2.23. The normalized spacial score (nSPS) is 10.9. The molecule has 0 spiro atoms. The fourth-order valence-electron chi connectivity index (χ4n) is 3.84. The van der Waals surface area contributed by atoms with Crippen LogP contribution in [-0.4, -0.2) is 32.1 Å². The molecule has 0 aliphatic rings. The zero-order valence-corrected chi connectivity index (χ0v) is 20.3. The number of carbonyl (C=O) groups excluding carboxylic acids is 2. The third-order valence-corrected chi connectivity index (χ3v) is 6.59. The predicted octanol–water partition coefficient (Wildman–Crippen LogP) is 5.66. The molecule has 0 atom stereocenters. The van der Waals surface area contributed by atoms with E-state index in [1.807, 2.05) is 18.2 Å². The fourth-order valence-corrected chi connectivity index (χ4v) is 4.79. The lowest BCUT2D eigenvalue weighted by molar-refractivity contribution is 0.0603. The summed E-state index contributed by atoms with van der Waals surface area (Å²) in [6.07, 6.45) is 0. The summed E-state index contributed by atoms with van der Waals surface area (Å²) in [5.74, 6) is -1.63. The molecule has 2 heterocycles. The van der Waals surface area contributed by atoms with Crippen molar-refractivity contribution in [3.63, 3.8) is 0 Å². The average Bonchev–Trinajstić information content (AvgIpc) is 3.27. The van der Waals surface area contributed by atoms with Crippen LogP contribution in [0.4, 0.5) is 15.1 Å². The summed E-state index contributed by atoms with van der Waals surface area (Å²) in [6.45, 7) is 5.78. The molecule has 2 N–H and O–H groups in total. The number of rotatable bonds is 7. The van der Waals surface area contributed by atoms with Gasteiger partial charge in [-0.2, -0.15) is 0 Å². The van der Waals surface area contributed by atoms with Gasteiger partial charge < -0.3 is 19.4 Å². The summed E-state index contributed by atoms with van der Waals surface area (Å²) < 4.78 is 24.0. The molecule has 0 saturated carbocycles. The van der Waals surface area contributed by atoms with Gasteiger partial charge in [-0.05, 0) is 49.7 Å². The standard InChI is InChI=1S/C26H24FN3O4S/c1-4-30(5-2)18-11-8-16-12-19(23(28)34-21(16)13-18)24(31)29-25-22(26(32)33-3)20(14-35-25)15-6-9-17(27)10-7-15/h6-14,28H,4-5H2,1-3H3,(H,29,31). The molecule has 0 aliphatic carbocycles. The highest BCUT2D eigenvalue weighted by atomic mass is 32.1. The van der Waals surface area contributed by atoms with Gasteiger partial charge in [-0.3, -0.25) is 10.2 Å². The Labute approximate surface area is 205 Å². The summed E-state index contributed by atoms with van der Waals surface area (Å²) in [5.41, 5.74) is 2.48. The smallest absolute Gasteiger partial charge is 0.341 e. The molecule has 0 unspecified atom stereocenters. The van der Waals surface area contributed by atoms with Gasteiger partial charge in [0, 0.05) is 41.2 Å². The van der Waals surface area contributed by atoms with Crippen molar-refractivity contribution in [2.75, 3.05) is 30.4 Å². The van der Waals surface area contributed by atoms with E-state index >= 15 is 0 Å². The van der Waals surface area contributed by atoms with Gasteiger partial charge in [0.25, 0.3) is 5.91 Å². The second-order valence-electron chi connectivity index (χ2n) is 7.69. The van der Waals surface area contributed by atoms with Gasteiger partial charge in [0.05, 0.1) is 7.11 Å². The van der Waals surface area contributed by atoms with E-state index in [2.05, 4.69) is 24.1 Å². The van der Waals surface area contributed by atoms with Crippen LogP contribution in [0.2, 0.25) is 0 Å². The molecular formula is C26H24FN3O4S. The van der Waals surface area contributed by atoms with E-state index < -0.39 is 17.7 Å². The van der Waals surface area contributed by atoms with Crippen molar-refractivity contribution >= 4 is 44.9 Å².